The number of carbonyl (C=O) groups is 1. The molecule has 3 N–H and O–H groups in total. The van der Waals surface area contributed by atoms with Crippen LogP contribution in [0.1, 0.15) is 23.4 Å². The van der Waals surface area contributed by atoms with Crippen LogP contribution in [-0.2, 0) is 17.8 Å². The monoisotopic (exact) mass is 234 g/mol. The lowest BCUT2D eigenvalue weighted by Gasteiger charge is -2.09. The van der Waals surface area contributed by atoms with Gasteiger partial charge >= 0.3 is 5.97 Å². The summed E-state index contributed by atoms with van der Waals surface area (Å²) in [5.41, 5.74) is 3.85. The van der Waals surface area contributed by atoms with Gasteiger partial charge in [0.25, 0.3) is 6.43 Å². The maximum absolute atomic E-state index is 13.1. The van der Waals surface area contributed by atoms with Crippen LogP contribution >= 0.6 is 0 Å². The van der Waals surface area contributed by atoms with Crippen molar-refractivity contribution in [1.29, 1.82) is 0 Å². The van der Waals surface area contributed by atoms with Crippen LogP contribution in [0.4, 0.5) is 13.2 Å². The van der Waals surface area contributed by atoms with E-state index in [0.717, 1.165) is 0 Å². The summed E-state index contributed by atoms with van der Waals surface area (Å²) >= 11 is 0. The second-order valence-electron chi connectivity index (χ2n) is 3.03. The van der Waals surface area contributed by atoms with Gasteiger partial charge in [0.1, 0.15) is 5.82 Å². The summed E-state index contributed by atoms with van der Waals surface area (Å²) in [4.78, 5) is 13.9. The Morgan fingerprint density at radius 1 is 1.50 bits per heavy atom. The Labute approximate surface area is 88.9 Å². The number of nitrogens with zero attached hydrogens (tertiary/aromatic N) is 1. The van der Waals surface area contributed by atoms with Crippen LogP contribution in [0.15, 0.2) is 6.07 Å². The fourth-order valence-corrected chi connectivity index (χ4v) is 1.20. The molecule has 0 atom stereocenters. The normalized spacial score (nSPS) is 10.8. The zero-order valence-corrected chi connectivity index (χ0v) is 8.08. The molecule has 1 aromatic rings. The van der Waals surface area contributed by atoms with Gasteiger partial charge < -0.3 is 10.8 Å². The molecule has 1 aromatic heterocycles. The van der Waals surface area contributed by atoms with E-state index in [0.29, 0.717) is 6.07 Å². The first kappa shape index (κ1) is 12.4. The summed E-state index contributed by atoms with van der Waals surface area (Å²) in [6, 6.07) is 0.581. The number of halogens is 3. The Kier molecular flexibility index (Phi) is 3.83. The summed E-state index contributed by atoms with van der Waals surface area (Å²) < 4.78 is 38.0. The van der Waals surface area contributed by atoms with E-state index in [-0.39, 0.29) is 17.9 Å². The smallest absolute Gasteiger partial charge is 0.309 e. The molecule has 0 aliphatic rings. The molecule has 0 fully saturated rings. The van der Waals surface area contributed by atoms with Gasteiger partial charge in [-0.2, -0.15) is 0 Å². The second kappa shape index (κ2) is 4.93. The molecule has 0 amide bonds. The average molecular weight is 234 g/mol. The zero-order valence-electron chi connectivity index (χ0n) is 8.08. The van der Waals surface area contributed by atoms with Gasteiger partial charge in [0.05, 0.1) is 17.8 Å². The molecule has 0 aliphatic carbocycles. The highest BCUT2D eigenvalue weighted by molar-refractivity contribution is 5.70. The van der Waals surface area contributed by atoms with Crippen molar-refractivity contribution in [1.82, 2.24) is 4.98 Å². The lowest BCUT2D eigenvalue weighted by molar-refractivity contribution is -0.136. The molecule has 0 saturated carbocycles. The molecular formula is C9H9F3N2O2. The topological polar surface area (TPSA) is 76.2 Å². The lowest BCUT2D eigenvalue weighted by Crippen LogP contribution is -2.12. The van der Waals surface area contributed by atoms with E-state index in [1.54, 1.807) is 0 Å². The fourth-order valence-electron chi connectivity index (χ4n) is 1.20. The maximum atomic E-state index is 13.1. The molecule has 1 rings (SSSR count). The number of carboxylic acids is 1. The zero-order chi connectivity index (χ0) is 12.3. The average Bonchev–Trinajstić information content (AvgIpc) is 2.19. The van der Waals surface area contributed by atoms with Gasteiger partial charge in [-0.3, -0.25) is 9.78 Å². The molecule has 0 aliphatic heterocycles. The van der Waals surface area contributed by atoms with Crippen LogP contribution in [0.5, 0.6) is 0 Å². The van der Waals surface area contributed by atoms with Crippen molar-refractivity contribution in [3.63, 3.8) is 0 Å². The Hall–Kier alpha value is -1.63. The summed E-state index contributed by atoms with van der Waals surface area (Å²) in [5, 5.41) is 8.50. The number of pyridine rings is 1. The van der Waals surface area contributed by atoms with Crippen LogP contribution in [0.25, 0.3) is 0 Å². The Morgan fingerprint density at radius 3 is 2.56 bits per heavy atom. The first-order valence-corrected chi connectivity index (χ1v) is 4.34. The fraction of sp³-hybridized carbons (Fsp3) is 0.333. The Bertz CT molecular complexity index is 410. The number of aliphatic carboxylic acids is 1. The van der Waals surface area contributed by atoms with E-state index < -0.39 is 30.2 Å². The van der Waals surface area contributed by atoms with Gasteiger partial charge in [-0.15, -0.1) is 0 Å². The predicted octanol–water partition coefficient (Wildman–Crippen LogP) is 1.24. The van der Waals surface area contributed by atoms with Gasteiger partial charge in [-0.25, -0.2) is 13.2 Å². The molecule has 88 valence electrons. The third-order valence-electron chi connectivity index (χ3n) is 1.91. The van der Waals surface area contributed by atoms with E-state index in [1.807, 2.05) is 0 Å². The number of alkyl halides is 2. The van der Waals surface area contributed by atoms with Gasteiger partial charge in [-0.1, -0.05) is 0 Å². The number of hydrogen-bond donors (Lipinski definition) is 2. The van der Waals surface area contributed by atoms with E-state index >= 15 is 0 Å². The van der Waals surface area contributed by atoms with E-state index in [4.69, 9.17) is 10.8 Å². The minimum atomic E-state index is -2.97. The minimum absolute atomic E-state index is 0.222. The number of nitrogens with two attached hydrogens (primary N) is 1. The van der Waals surface area contributed by atoms with Crippen LogP contribution in [0.2, 0.25) is 0 Å². The molecule has 0 radical (unpaired) electrons. The van der Waals surface area contributed by atoms with Crippen molar-refractivity contribution in [3.05, 3.63) is 28.8 Å². The summed E-state index contributed by atoms with van der Waals surface area (Å²) in [7, 11) is 0. The molecule has 16 heavy (non-hydrogen) atoms. The quantitative estimate of drug-likeness (QED) is 0.821. The number of hydrogen-bond acceptors (Lipinski definition) is 3. The molecule has 0 saturated heterocycles. The maximum Gasteiger partial charge on any atom is 0.309 e. The Morgan fingerprint density at radius 2 is 2.12 bits per heavy atom. The van der Waals surface area contributed by atoms with E-state index in [9.17, 15) is 18.0 Å². The van der Waals surface area contributed by atoms with Crippen LogP contribution < -0.4 is 5.73 Å². The molecular weight excluding hydrogens is 225 g/mol. The lowest BCUT2D eigenvalue weighted by atomic mass is 10.1. The first-order valence-electron chi connectivity index (χ1n) is 4.34. The molecule has 4 nitrogen and oxygen atoms in total. The van der Waals surface area contributed by atoms with Crippen molar-refractivity contribution >= 4 is 5.97 Å². The molecule has 1 heterocycles. The third-order valence-corrected chi connectivity index (χ3v) is 1.91. The molecule has 0 aromatic carbocycles. The predicted molar refractivity (Wildman–Crippen MR) is 48.4 cm³/mol. The van der Waals surface area contributed by atoms with Gasteiger partial charge in [0.15, 0.2) is 0 Å². The largest absolute Gasteiger partial charge is 0.481 e. The third kappa shape index (κ3) is 2.69. The van der Waals surface area contributed by atoms with E-state index in [1.165, 1.54) is 0 Å². The van der Waals surface area contributed by atoms with Crippen molar-refractivity contribution in [2.45, 2.75) is 19.4 Å². The molecule has 0 unspecified atom stereocenters. The highest BCUT2D eigenvalue weighted by Gasteiger charge is 2.19. The van der Waals surface area contributed by atoms with Crippen LogP contribution in [-0.4, -0.2) is 16.1 Å². The number of rotatable bonds is 4. The second-order valence-corrected chi connectivity index (χ2v) is 3.03. The van der Waals surface area contributed by atoms with Crippen molar-refractivity contribution in [2.75, 3.05) is 0 Å². The van der Waals surface area contributed by atoms with E-state index in [2.05, 4.69) is 4.98 Å². The van der Waals surface area contributed by atoms with Crippen molar-refractivity contribution in [3.8, 4) is 0 Å². The Balaban J connectivity index is 3.24. The highest BCUT2D eigenvalue weighted by Crippen LogP contribution is 2.24. The van der Waals surface area contributed by atoms with Crippen molar-refractivity contribution in [2.24, 2.45) is 5.73 Å². The summed E-state index contributed by atoms with van der Waals surface area (Å²) in [5.74, 6) is -2.27. The van der Waals surface area contributed by atoms with Crippen molar-refractivity contribution < 1.29 is 23.1 Å². The van der Waals surface area contributed by atoms with Crippen LogP contribution in [0.3, 0.4) is 0 Å². The first-order chi connectivity index (χ1) is 7.45. The standard InChI is InChI=1S/C9H9F3N2O2/c10-5-1-4(9(11)12)6(2-8(15)16)14-7(5)3-13/h1,9H,2-3,13H2,(H,15,16). The molecule has 0 bridgehead atoms. The number of carboxylic acid groups (broad SMARTS) is 1. The SMILES string of the molecule is NCc1nc(CC(=O)O)c(C(F)F)cc1F. The van der Waals surface area contributed by atoms with Gasteiger partial charge in [-0.05, 0) is 6.07 Å². The minimum Gasteiger partial charge on any atom is -0.481 e. The molecule has 7 heteroatoms. The van der Waals surface area contributed by atoms with Gasteiger partial charge in [0, 0.05) is 12.1 Å². The summed E-state index contributed by atoms with van der Waals surface area (Å²) in [6.45, 7) is -0.276. The van der Waals surface area contributed by atoms with Gasteiger partial charge in [0.2, 0.25) is 0 Å². The molecule has 0 spiro atoms. The number of aromatic nitrogens is 1. The summed E-state index contributed by atoms with van der Waals surface area (Å²) in [6.07, 6.45) is -3.66. The highest BCUT2D eigenvalue weighted by atomic mass is 19.3. The van der Waals surface area contributed by atoms with Crippen LogP contribution in [0, 0.1) is 5.82 Å².